The minimum Gasteiger partial charge on any atom is -0.480 e. The molecule has 1 atom stereocenters. The van der Waals surface area contributed by atoms with E-state index in [1.807, 2.05) is 0 Å². The summed E-state index contributed by atoms with van der Waals surface area (Å²) in [6, 6.07) is 4.00. The van der Waals surface area contributed by atoms with Crippen molar-refractivity contribution in [2.45, 2.75) is 25.5 Å². The Morgan fingerprint density at radius 2 is 1.90 bits per heavy atom. The number of carbonyl (C=O) groups excluding carboxylic acids is 1. The van der Waals surface area contributed by atoms with Crippen molar-refractivity contribution in [3.63, 3.8) is 0 Å². The van der Waals surface area contributed by atoms with E-state index in [-0.39, 0.29) is 6.61 Å². The molecule has 0 aliphatic rings. The average molecular weight is 299 g/mol. The number of ether oxygens (including phenoxy) is 2. The lowest BCUT2D eigenvalue weighted by Crippen LogP contribution is -2.53. The van der Waals surface area contributed by atoms with E-state index < -0.39 is 29.3 Å². The molecular formula is C14H18FNO5. The number of carboxylic acid groups (broad SMARTS) is 1. The van der Waals surface area contributed by atoms with E-state index in [4.69, 9.17) is 14.6 Å². The third kappa shape index (κ3) is 5.03. The van der Waals surface area contributed by atoms with Gasteiger partial charge < -0.3 is 19.9 Å². The lowest BCUT2D eigenvalue weighted by atomic mass is 10.1. The summed E-state index contributed by atoms with van der Waals surface area (Å²) >= 11 is 0. The van der Waals surface area contributed by atoms with E-state index in [0.717, 1.165) is 0 Å². The molecule has 0 heterocycles. The zero-order valence-corrected chi connectivity index (χ0v) is 12.1. The fraction of sp³-hybridized carbons (Fsp3) is 0.429. The molecule has 0 fully saturated rings. The summed E-state index contributed by atoms with van der Waals surface area (Å²) in [5, 5.41) is 11.3. The van der Waals surface area contributed by atoms with E-state index in [1.165, 1.54) is 45.2 Å². The van der Waals surface area contributed by atoms with Gasteiger partial charge >= 0.3 is 5.97 Å². The molecule has 116 valence electrons. The molecule has 7 heteroatoms. The fourth-order valence-electron chi connectivity index (χ4n) is 1.52. The number of methoxy groups -OCH3 is 1. The van der Waals surface area contributed by atoms with E-state index in [0.29, 0.717) is 5.75 Å². The van der Waals surface area contributed by atoms with Crippen LogP contribution in [0.1, 0.15) is 13.8 Å². The zero-order chi connectivity index (χ0) is 16.0. The molecule has 0 aromatic heterocycles. The van der Waals surface area contributed by atoms with Gasteiger partial charge in [-0.1, -0.05) is 0 Å². The molecule has 1 aromatic carbocycles. The number of hydrogen-bond acceptors (Lipinski definition) is 4. The van der Waals surface area contributed by atoms with Crippen LogP contribution in [0.2, 0.25) is 0 Å². The van der Waals surface area contributed by atoms with Crippen molar-refractivity contribution in [3.8, 4) is 5.75 Å². The molecule has 6 nitrogen and oxygen atoms in total. The first-order valence-electron chi connectivity index (χ1n) is 6.23. The summed E-state index contributed by atoms with van der Waals surface area (Å²) in [4.78, 5) is 23.1. The molecule has 0 bridgehead atoms. The van der Waals surface area contributed by atoms with Crippen LogP contribution in [0.15, 0.2) is 24.3 Å². The molecule has 1 unspecified atom stereocenters. The van der Waals surface area contributed by atoms with Crippen LogP contribution in [0.5, 0.6) is 5.75 Å². The molecule has 0 spiro atoms. The number of hydrogen-bond donors (Lipinski definition) is 2. The van der Waals surface area contributed by atoms with Crippen molar-refractivity contribution in [1.82, 2.24) is 5.32 Å². The summed E-state index contributed by atoms with van der Waals surface area (Å²) in [6.45, 7) is 2.81. The fourth-order valence-corrected chi connectivity index (χ4v) is 1.52. The Bertz CT molecular complexity index is 501. The van der Waals surface area contributed by atoms with Crippen LogP contribution >= 0.6 is 0 Å². The topological polar surface area (TPSA) is 84.9 Å². The predicted molar refractivity (Wildman–Crippen MR) is 72.5 cm³/mol. The highest BCUT2D eigenvalue weighted by Gasteiger charge is 2.33. The minimum atomic E-state index is -1.32. The Hall–Kier alpha value is -2.15. The van der Waals surface area contributed by atoms with Gasteiger partial charge in [0.05, 0.1) is 6.61 Å². The molecule has 0 radical (unpaired) electrons. The predicted octanol–water partition coefficient (Wildman–Crippen LogP) is 1.20. The highest BCUT2D eigenvalue weighted by Crippen LogP contribution is 2.19. The summed E-state index contributed by atoms with van der Waals surface area (Å²) in [5.74, 6) is -1.94. The third-order valence-corrected chi connectivity index (χ3v) is 2.67. The number of rotatable bonds is 7. The highest BCUT2D eigenvalue weighted by atomic mass is 19.1. The van der Waals surface area contributed by atoms with E-state index >= 15 is 0 Å². The smallest absolute Gasteiger partial charge is 0.328 e. The Morgan fingerprint density at radius 1 is 1.33 bits per heavy atom. The summed E-state index contributed by atoms with van der Waals surface area (Å²) in [5.41, 5.74) is -1.32. The van der Waals surface area contributed by atoms with Crippen LogP contribution < -0.4 is 10.1 Å². The Balaban J connectivity index is 2.74. The minimum absolute atomic E-state index is 0.159. The number of benzene rings is 1. The molecule has 21 heavy (non-hydrogen) atoms. The van der Waals surface area contributed by atoms with Crippen molar-refractivity contribution in [3.05, 3.63) is 30.1 Å². The number of carboxylic acids is 1. The Morgan fingerprint density at radius 3 is 2.38 bits per heavy atom. The Kier molecular flexibility index (Phi) is 5.66. The van der Waals surface area contributed by atoms with Gasteiger partial charge in [0, 0.05) is 7.11 Å². The SMILES string of the molecule is COCC(NC(=O)C(C)(C)Oc1ccc(F)cc1)C(=O)O. The molecule has 0 saturated carbocycles. The van der Waals surface area contributed by atoms with Gasteiger partial charge in [-0.2, -0.15) is 0 Å². The zero-order valence-electron chi connectivity index (χ0n) is 12.1. The summed E-state index contributed by atoms with van der Waals surface area (Å²) < 4.78 is 23.0. The van der Waals surface area contributed by atoms with Crippen LogP contribution in [-0.2, 0) is 14.3 Å². The second kappa shape index (κ2) is 7.03. The normalized spacial score (nSPS) is 12.6. The van der Waals surface area contributed by atoms with Gasteiger partial charge in [-0.05, 0) is 38.1 Å². The van der Waals surface area contributed by atoms with Crippen LogP contribution in [-0.4, -0.2) is 42.3 Å². The third-order valence-electron chi connectivity index (χ3n) is 2.67. The van der Waals surface area contributed by atoms with Gasteiger partial charge in [-0.3, -0.25) is 4.79 Å². The van der Waals surface area contributed by atoms with Gasteiger partial charge in [0.15, 0.2) is 11.6 Å². The van der Waals surface area contributed by atoms with Crippen LogP contribution in [0, 0.1) is 5.82 Å². The number of carbonyl (C=O) groups is 2. The number of aliphatic carboxylic acids is 1. The first-order valence-corrected chi connectivity index (χ1v) is 6.23. The van der Waals surface area contributed by atoms with Crippen molar-refractivity contribution >= 4 is 11.9 Å². The van der Waals surface area contributed by atoms with Crippen molar-refractivity contribution in [1.29, 1.82) is 0 Å². The van der Waals surface area contributed by atoms with Crippen LogP contribution in [0.4, 0.5) is 4.39 Å². The maximum absolute atomic E-state index is 12.8. The summed E-state index contributed by atoms with van der Waals surface area (Å²) in [6.07, 6.45) is 0. The number of halogens is 1. The van der Waals surface area contributed by atoms with E-state index in [1.54, 1.807) is 0 Å². The van der Waals surface area contributed by atoms with Gasteiger partial charge in [0.1, 0.15) is 11.6 Å². The summed E-state index contributed by atoms with van der Waals surface area (Å²) in [7, 11) is 1.34. The Labute approximate surface area is 121 Å². The van der Waals surface area contributed by atoms with Crippen molar-refractivity contribution in [2.24, 2.45) is 0 Å². The van der Waals surface area contributed by atoms with Gasteiger partial charge in [-0.25, -0.2) is 9.18 Å². The lowest BCUT2D eigenvalue weighted by molar-refractivity contribution is -0.146. The largest absolute Gasteiger partial charge is 0.480 e. The standard InChI is InChI=1S/C14H18FNO5/c1-14(2,21-10-6-4-9(15)5-7-10)13(19)16-11(8-20-3)12(17)18/h4-7,11H,8H2,1-3H3,(H,16,19)(H,17,18). The molecular weight excluding hydrogens is 281 g/mol. The van der Waals surface area contributed by atoms with Crippen molar-refractivity contribution < 1.29 is 28.6 Å². The van der Waals surface area contributed by atoms with Crippen LogP contribution in [0.25, 0.3) is 0 Å². The second-order valence-electron chi connectivity index (χ2n) is 4.89. The number of nitrogens with one attached hydrogen (secondary N) is 1. The second-order valence-corrected chi connectivity index (χ2v) is 4.89. The molecule has 0 saturated heterocycles. The first kappa shape index (κ1) is 16.9. The first-order chi connectivity index (χ1) is 9.76. The maximum Gasteiger partial charge on any atom is 0.328 e. The van der Waals surface area contributed by atoms with E-state index in [2.05, 4.69) is 5.32 Å². The monoisotopic (exact) mass is 299 g/mol. The maximum atomic E-state index is 12.8. The van der Waals surface area contributed by atoms with Crippen LogP contribution in [0.3, 0.4) is 0 Å². The van der Waals surface area contributed by atoms with Gasteiger partial charge in [0.25, 0.3) is 5.91 Å². The highest BCUT2D eigenvalue weighted by molar-refractivity contribution is 5.89. The molecule has 0 aliphatic heterocycles. The van der Waals surface area contributed by atoms with Crippen molar-refractivity contribution in [2.75, 3.05) is 13.7 Å². The molecule has 1 amide bonds. The molecule has 2 N–H and O–H groups in total. The van der Waals surface area contributed by atoms with E-state index in [9.17, 15) is 14.0 Å². The molecule has 0 aliphatic carbocycles. The quantitative estimate of drug-likeness (QED) is 0.790. The molecule has 1 aromatic rings. The lowest BCUT2D eigenvalue weighted by Gasteiger charge is -2.27. The van der Waals surface area contributed by atoms with Gasteiger partial charge in [-0.15, -0.1) is 0 Å². The molecule has 1 rings (SSSR count). The number of amides is 1. The van der Waals surface area contributed by atoms with Gasteiger partial charge in [0.2, 0.25) is 0 Å². The average Bonchev–Trinajstić information content (AvgIpc) is 2.40.